The summed E-state index contributed by atoms with van der Waals surface area (Å²) >= 11 is 1.90. The average molecular weight is 396 g/mol. The summed E-state index contributed by atoms with van der Waals surface area (Å²) in [5.41, 5.74) is 5.97. The molecule has 148 valence electrons. The summed E-state index contributed by atoms with van der Waals surface area (Å²) in [6, 6.07) is 11.4. The number of nitrogens with zero attached hydrogens (tertiary/aromatic N) is 1. The fourth-order valence-corrected chi connectivity index (χ4v) is 6.08. The lowest BCUT2D eigenvalue weighted by Gasteiger charge is -2.28. The van der Waals surface area contributed by atoms with Crippen LogP contribution in [0.2, 0.25) is 0 Å². The molecular weight excluding hydrogens is 364 g/mol. The minimum atomic E-state index is 0.868. The molecule has 2 aliphatic rings. The SMILES string of the molecule is COc1ccc2c(c1)CC[NH+](Cc1cc3sccc3n1CC1CCCCC1)C2. The van der Waals surface area contributed by atoms with Gasteiger partial charge in [-0.25, -0.2) is 0 Å². The van der Waals surface area contributed by atoms with E-state index in [1.165, 1.54) is 66.5 Å². The maximum Gasteiger partial charge on any atom is 0.119 e. The van der Waals surface area contributed by atoms with E-state index in [2.05, 4.69) is 40.3 Å². The van der Waals surface area contributed by atoms with E-state index in [4.69, 9.17) is 4.74 Å². The van der Waals surface area contributed by atoms with Gasteiger partial charge in [0, 0.05) is 18.5 Å². The van der Waals surface area contributed by atoms with E-state index in [-0.39, 0.29) is 0 Å². The first kappa shape index (κ1) is 18.3. The highest BCUT2D eigenvalue weighted by Gasteiger charge is 2.23. The van der Waals surface area contributed by atoms with Gasteiger partial charge in [-0.3, -0.25) is 0 Å². The van der Waals surface area contributed by atoms with Crippen LogP contribution in [0.15, 0.2) is 35.7 Å². The van der Waals surface area contributed by atoms with Gasteiger partial charge >= 0.3 is 0 Å². The highest BCUT2D eigenvalue weighted by Crippen LogP contribution is 2.30. The van der Waals surface area contributed by atoms with Crippen LogP contribution >= 0.6 is 11.3 Å². The fraction of sp³-hybridized carbons (Fsp3) is 0.500. The maximum atomic E-state index is 5.41. The van der Waals surface area contributed by atoms with Crippen molar-refractivity contribution in [2.75, 3.05) is 13.7 Å². The summed E-state index contributed by atoms with van der Waals surface area (Å²) < 4.78 is 9.54. The Morgan fingerprint density at radius 3 is 2.86 bits per heavy atom. The Kier molecular flexibility index (Phi) is 5.17. The molecule has 4 heteroatoms. The van der Waals surface area contributed by atoms with E-state index < -0.39 is 0 Å². The Morgan fingerprint density at radius 1 is 1.11 bits per heavy atom. The molecule has 3 nitrogen and oxygen atoms in total. The third-order valence-electron chi connectivity index (χ3n) is 6.81. The molecule has 1 unspecified atom stereocenters. The summed E-state index contributed by atoms with van der Waals surface area (Å²) in [7, 11) is 1.76. The van der Waals surface area contributed by atoms with Crippen molar-refractivity contribution in [2.24, 2.45) is 5.92 Å². The molecule has 1 fully saturated rings. The molecule has 5 rings (SSSR count). The first-order valence-electron chi connectivity index (χ1n) is 10.8. The van der Waals surface area contributed by atoms with Crippen LogP contribution in [0, 0.1) is 5.92 Å². The second kappa shape index (κ2) is 7.92. The van der Waals surface area contributed by atoms with Crippen LogP contribution in [0.5, 0.6) is 5.75 Å². The fourth-order valence-electron chi connectivity index (χ4n) is 5.23. The number of fused-ring (bicyclic) bond motifs is 2. The standard InChI is InChI=1S/C24H30N2OS/c1-27-22-8-7-20-16-25(11-9-19(20)13-22)17-21-14-24-23(10-12-28-24)26(21)15-18-5-3-2-4-6-18/h7-8,10,12-14,18H,2-6,9,11,15-17H2,1H3/p+1. The number of methoxy groups -OCH3 is 1. The zero-order valence-corrected chi connectivity index (χ0v) is 17.7. The number of aromatic nitrogens is 1. The summed E-state index contributed by atoms with van der Waals surface area (Å²) in [5, 5.41) is 2.25. The minimum Gasteiger partial charge on any atom is -0.497 e. The molecule has 3 heterocycles. The molecule has 1 saturated carbocycles. The second-order valence-corrected chi connectivity index (χ2v) is 9.61. The number of thiophene rings is 1. The Labute approximate surface area is 171 Å². The molecule has 1 atom stereocenters. The van der Waals surface area contributed by atoms with E-state index >= 15 is 0 Å². The van der Waals surface area contributed by atoms with Crippen molar-refractivity contribution < 1.29 is 9.64 Å². The number of benzene rings is 1. The maximum absolute atomic E-state index is 5.41. The van der Waals surface area contributed by atoms with E-state index in [1.54, 1.807) is 17.7 Å². The molecule has 0 spiro atoms. The predicted molar refractivity (Wildman–Crippen MR) is 116 cm³/mol. The van der Waals surface area contributed by atoms with E-state index in [0.29, 0.717) is 0 Å². The van der Waals surface area contributed by atoms with Gasteiger partial charge in [0.25, 0.3) is 0 Å². The summed E-state index contributed by atoms with van der Waals surface area (Å²) in [4.78, 5) is 1.69. The first-order valence-corrected chi connectivity index (χ1v) is 11.7. The zero-order valence-electron chi connectivity index (χ0n) is 16.9. The van der Waals surface area contributed by atoms with Gasteiger partial charge in [0.2, 0.25) is 0 Å². The van der Waals surface area contributed by atoms with Gasteiger partial charge < -0.3 is 14.2 Å². The van der Waals surface area contributed by atoms with E-state index in [1.807, 2.05) is 11.3 Å². The van der Waals surface area contributed by atoms with Crippen molar-refractivity contribution in [3.8, 4) is 5.75 Å². The lowest BCUT2D eigenvalue weighted by Crippen LogP contribution is -3.10. The third-order valence-corrected chi connectivity index (χ3v) is 7.66. The molecule has 0 radical (unpaired) electrons. The molecule has 0 saturated heterocycles. The van der Waals surface area contributed by atoms with Crippen molar-refractivity contribution in [3.05, 3.63) is 52.5 Å². The van der Waals surface area contributed by atoms with Gasteiger partial charge in [-0.2, -0.15) is 0 Å². The topological polar surface area (TPSA) is 18.6 Å². The van der Waals surface area contributed by atoms with Gasteiger partial charge in [0.15, 0.2) is 0 Å². The molecule has 1 aliphatic carbocycles. The van der Waals surface area contributed by atoms with Crippen LogP contribution in [0.4, 0.5) is 0 Å². The molecule has 0 bridgehead atoms. The monoisotopic (exact) mass is 395 g/mol. The Hall–Kier alpha value is -1.78. The number of hydrogen-bond donors (Lipinski definition) is 1. The average Bonchev–Trinajstić information content (AvgIpc) is 3.31. The molecule has 1 aliphatic heterocycles. The molecule has 3 aromatic rings. The number of quaternary nitrogens is 1. The quantitative estimate of drug-likeness (QED) is 0.677. The Balaban J connectivity index is 1.36. The van der Waals surface area contributed by atoms with Gasteiger partial charge in [-0.15, -0.1) is 11.3 Å². The lowest BCUT2D eigenvalue weighted by molar-refractivity contribution is -0.929. The van der Waals surface area contributed by atoms with E-state index in [9.17, 15) is 0 Å². The smallest absolute Gasteiger partial charge is 0.119 e. The van der Waals surface area contributed by atoms with Gasteiger partial charge in [-0.1, -0.05) is 19.3 Å². The predicted octanol–water partition coefficient (Wildman–Crippen LogP) is 4.43. The highest BCUT2D eigenvalue weighted by atomic mass is 32.1. The summed E-state index contributed by atoms with van der Waals surface area (Å²) in [5.74, 6) is 1.86. The van der Waals surface area contributed by atoms with Gasteiger partial charge in [0.1, 0.15) is 18.8 Å². The van der Waals surface area contributed by atoms with Crippen molar-refractivity contribution in [1.29, 1.82) is 0 Å². The Bertz CT molecular complexity index is 951. The highest BCUT2D eigenvalue weighted by molar-refractivity contribution is 7.17. The molecule has 1 aromatic carbocycles. The summed E-state index contributed by atoms with van der Waals surface area (Å²) in [6.07, 6.45) is 8.26. The normalized spacial score (nSPS) is 20.4. The van der Waals surface area contributed by atoms with E-state index in [0.717, 1.165) is 31.2 Å². The van der Waals surface area contributed by atoms with Gasteiger partial charge in [0.05, 0.1) is 29.6 Å². The number of rotatable bonds is 5. The van der Waals surface area contributed by atoms with Crippen LogP contribution in [-0.4, -0.2) is 18.2 Å². The second-order valence-electron chi connectivity index (χ2n) is 8.66. The molecule has 2 aromatic heterocycles. The largest absolute Gasteiger partial charge is 0.497 e. The molecule has 28 heavy (non-hydrogen) atoms. The van der Waals surface area contributed by atoms with Gasteiger partial charge in [-0.05, 0) is 60.0 Å². The third kappa shape index (κ3) is 3.60. The Morgan fingerprint density at radius 2 is 2.00 bits per heavy atom. The summed E-state index contributed by atoms with van der Waals surface area (Å²) in [6.45, 7) is 4.69. The molecular formula is C24H31N2OS+. The first-order chi connectivity index (χ1) is 13.8. The van der Waals surface area contributed by atoms with Crippen molar-refractivity contribution >= 4 is 21.6 Å². The minimum absolute atomic E-state index is 0.868. The number of ether oxygens (including phenoxy) is 1. The van der Waals surface area contributed by atoms with Crippen molar-refractivity contribution in [3.63, 3.8) is 0 Å². The van der Waals surface area contributed by atoms with Crippen molar-refractivity contribution in [2.45, 2.75) is 58.2 Å². The number of hydrogen-bond acceptors (Lipinski definition) is 2. The lowest BCUT2D eigenvalue weighted by atomic mass is 9.89. The van der Waals surface area contributed by atoms with Crippen LogP contribution in [0.3, 0.4) is 0 Å². The van der Waals surface area contributed by atoms with Crippen molar-refractivity contribution in [1.82, 2.24) is 4.57 Å². The molecule has 1 N–H and O–H groups in total. The molecule has 0 amide bonds. The van der Waals surface area contributed by atoms with Crippen LogP contribution in [0.1, 0.15) is 48.9 Å². The zero-order chi connectivity index (χ0) is 18.9. The van der Waals surface area contributed by atoms with Crippen LogP contribution in [0.25, 0.3) is 10.2 Å². The number of nitrogens with one attached hydrogen (secondary N) is 1. The van der Waals surface area contributed by atoms with Crippen LogP contribution in [-0.2, 0) is 26.1 Å². The van der Waals surface area contributed by atoms with Crippen LogP contribution < -0.4 is 9.64 Å².